The summed E-state index contributed by atoms with van der Waals surface area (Å²) in [4.78, 5) is 23.5. The van der Waals surface area contributed by atoms with Crippen molar-refractivity contribution in [1.29, 1.82) is 0 Å². The van der Waals surface area contributed by atoms with E-state index in [2.05, 4.69) is 0 Å². The number of alkyl halides is 4. The third-order valence-corrected chi connectivity index (χ3v) is 10.7. The van der Waals surface area contributed by atoms with Gasteiger partial charge in [0.25, 0.3) is 0 Å². The SMILES string of the molecule is C[C@@H]1C[C@H]2[C@@H]3C[C@H](F)C4=C(Cl)C(=O)C=C[C@]4(C)[C@@]3(Cl)[C@@H](Cl)C[C@]2(C)[C@@]1(O)C(=O)CF. The maximum absolute atomic E-state index is 15.5. The fourth-order valence-corrected chi connectivity index (χ4v) is 8.83. The summed E-state index contributed by atoms with van der Waals surface area (Å²) in [7, 11) is 0. The molecular formula is C22H25Cl3F2O3. The molecule has 0 amide bonds. The van der Waals surface area contributed by atoms with Crippen LogP contribution in [0, 0.1) is 28.6 Å². The number of ketones is 2. The zero-order valence-electron chi connectivity index (χ0n) is 17.0. The maximum atomic E-state index is 15.5. The average molecular weight is 482 g/mol. The van der Waals surface area contributed by atoms with Gasteiger partial charge >= 0.3 is 0 Å². The van der Waals surface area contributed by atoms with Gasteiger partial charge in [0, 0.05) is 10.8 Å². The van der Waals surface area contributed by atoms with E-state index in [9.17, 15) is 19.1 Å². The lowest BCUT2D eigenvalue weighted by Gasteiger charge is -2.64. The van der Waals surface area contributed by atoms with Crippen LogP contribution in [0.5, 0.6) is 0 Å². The number of halogens is 5. The number of fused-ring (bicyclic) bond motifs is 5. The minimum atomic E-state index is -1.89. The Kier molecular flexibility index (Phi) is 5.11. The molecule has 3 saturated carbocycles. The Hall–Kier alpha value is -0.490. The summed E-state index contributed by atoms with van der Waals surface area (Å²) in [6.45, 7) is 3.93. The Morgan fingerprint density at radius 2 is 1.93 bits per heavy atom. The first-order valence-corrected chi connectivity index (χ1v) is 11.4. The lowest BCUT2D eigenvalue weighted by Crippen LogP contribution is -2.69. The highest BCUT2D eigenvalue weighted by atomic mass is 35.5. The molecule has 0 bridgehead atoms. The van der Waals surface area contributed by atoms with Gasteiger partial charge in [-0.3, -0.25) is 9.59 Å². The molecule has 3 nitrogen and oxygen atoms in total. The highest BCUT2D eigenvalue weighted by Crippen LogP contribution is 2.72. The second kappa shape index (κ2) is 6.76. The van der Waals surface area contributed by atoms with E-state index in [4.69, 9.17) is 34.8 Å². The predicted octanol–water partition coefficient (Wildman–Crippen LogP) is 4.90. The molecule has 9 atom stereocenters. The first-order chi connectivity index (χ1) is 13.8. The molecule has 4 aliphatic carbocycles. The summed E-state index contributed by atoms with van der Waals surface area (Å²) in [5, 5.41) is 10.5. The molecule has 0 aromatic heterocycles. The van der Waals surface area contributed by atoms with Crippen molar-refractivity contribution in [3.8, 4) is 0 Å². The predicted molar refractivity (Wildman–Crippen MR) is 112 cm³/mol. The zero-order chi connectivity index (χ0) is 22.4. The zero-order valence-corrected chi connectivity index (χ0v) is 19.3. The van der Waals surface area contributed by atoms with Crippen LogP contribution in [-0.2, 0) is 9.59 Å². The molecule has 3 fully saturated rings. The summed E-state index contributed by atoms with van der Waals surface area (Å²) in [6.07, 6.45) is 1.92. The van der Waals surface area contributed by atoms with Crippen LogP contribution >= 0.6 is 34.8 Å². The molecule has 0 aliphatic heterocycles. The minimum Gasteiger partial charge on any atom is -0.381 e. The van der Waals surface area contributed by atoms with E-state index in [1.165, 1.54) is 6.08 Å². The fraction of sp³-hybridized carbons (Fsp3) is 0.727. The van der Waals surface area contributed by atoms with Crippen LogP contribution in [0.2, 0.25) is 0 Å². The van der Waals surface area contributed by atoms with Crippen molar-refractivity contribution in [3.63, 3.8) is 0 Å². The Balaban J connectivity index is 1.89. The molecule has 166 valence electrons. The Labute approximate surface area is 189 Å². The maximum Gasteiger partial charge on any atom is 0.196 e. The van der Waals surface area contributed by atoms with Crippen LogP contribution in [-0.4, -0.2) is 45.4 Å². The molecule has 0 spiro atoms. The van der Waals surface area contributed by atoms with Gasteiger partial charge in [0.1, 0.15) is 11.8 Å². The fourth-order valence-electron chi connectivity index (χ4n) is 7.26. The molecule has 0 heterocycles. The monoisotopic (exact) mass is 480 g/mol. The summed E-state index contributed by atoms with van der Waals surface area (Å²) in [6, 6.07) is 0. The van der Waals surface area contributed by atoms with Gasteiger partial charge in [-0.1, -0.05) is 38.4 Å². The van der Waals surface area contributed by atoms with E-state index in [1.54, 1.807) is 26.8 Å². The first kappa shape index (κ1) is 22.7. The second-order valence-electron chi connectivity index (χ2n) is 9.86. The number of Topliss-reactive ketones (excluding diaryl/α,β-unsaturated/α-hetero) is 1. The summed E-state index contributed by atoms with van der Waals surface area (Å²) in [5.41, 5.74) is -3.89. The number of allylic oxidation sites excluding steroid dienone is 4. The van der Waals surface area contributed by atoms with Gasteiger partial charge in [0.15, 0.2) is 18.2 Å². The average Bonchev–Trinajstić information content (AvgIpc) is 2.88. The van der Waals surface area contributed by atoms with Gasteiger partial charge in [0.05, 0.1) is 15.3 Å². The molecule has 0 aromatic carbocycles. The van der Waals surface area contributed by atoms with Crippen LogP contribution < -0.4 is 0 Å². The quantitative estimate of drug-likeness (QED) is 0.571. The van der Waals surface area contributed by atoms with Gasteiger partial charge in [-0.25, -0.2) is 8.78 Å². The lowest BCUT2D eigenvalue weighted by molar-refractivity contribution is -0.166. The smallest absolute Gasteiger partial charge is 0.196 e. The van der Waals surface area contributed by atoms with Crippen molar-refractivity contribution >= 4 is 46.4 Å². The van der Waals surface area contributed by atoms with Crippen LogP contribution in [0.4, 0.5) is 8.78 Å². The molecule has 0 saturated heterocycles. The standard InChI is InChI=1S/C22H25Cl3F2O3/c1-10-6-11-12-7-13(27)17-18(24)14(28)4-5-19(17,2)21(12,25)15(23)8-20(11,3)22(10,30)16(29)9-26/h4-5,10-13,15,30H,6-9H2,1-3H3/t10-,11+,12+,13+,15+,19+,20+,21+,22+/m1/s1. The van der Waals surface area contributed by atoms with Gasteiger partial charge in [-0.15, -0.1) is 23.2 Å². The van der Waals surface area contributed by atoms with Crippen molar-refractivity contribution < 1.29 is 23.5 Å². The molecule has 4 aliphatic rings. The largest absolute Gasteiger partial charge is 0.381 e. The topological polar surface area (TPSA) is 54.4 Å². The van der Waals surface area contributed by atoms with Crippen molar-refractivity contribution in [2.24, 2.45) is 28.6 Å². The Bertz CT molecular complexity index is 891. The van der Waals surface area contributed by atoms with Gasteiger partial charge < -0.3 is 5.11 Å². The number of hydrogen-bond donors (Lipinski definition) is 1. The molecule has 4 rings (SSSR count). The molecule has 0 unspecified atom stereocenters. The van der Waals surface area contributed by atoms with E-state index >= 15 is 4.39 Å². The summed E-state index contributed by atoms with van der Waals surface area (Å²) >= 11 is 20.4. The van der Waals surface area contributed by atoms with E-state index < -0.39 is 62.9 Å². The molecular weight excluding hydrogens is 457 g/mol. The highest BCUT2D eigenvalue weighted by Gasteiger charge is 2.75. The van der Waals surface area contributed by atoms with Gasteiger partial charge in [-0.05, 0) is 48.7 Å². The van der Waals surface area contributed by atoms with Crippen molar-refractivity contribution in [1.82, 2.24) is 0 Å². The van der Waals surface area contributed by atoms with Crippen LogP contribution in [0.25, 0.3) is 0 Å². The van der Waals surface area contributed by atoms with Crippen LogP contribution in [0.3, 0.4) is 0 Å². The van der Waals surface area contributed by atoms with Crippen LogP contribution in [0.15, 0.2) is 22.8 Å². The number of carbonyl (C=O) groups excluding carboxylic acids is 2. The summed E-state index contributed by atoms with van der Waals surface area (Å²) < 4.78 is 29.0. The Morgan fingerprint density at radius 3 is 2.53 bits per heavy atom. The van der Waals surface area contributed by atoms with Crippen molar-refractivity contribution in [2.45, 2.75) is 62.1 Å². The molecule has 0 aromatic rings. The van der Waals surface area contributed by atoms with E-state index in [0.717, 1.165) is 0 Å². The molecule has 1 N–H and O–H groups in total. The normalized spacial score (nSPS) is 52.7. The van der Waals surface area contributed by atoms with Gasteiger partial charge in [-0.2, -0.15) is 0 Å². The van der Waals surface area contributed by atoms with Crippen molar-refractivity contribution in [2.75, 3.05) is 6.67 Å². The molecule has 30 heavy (non-hydrogen) atoms. The van der Waals surface area contributed by atoms with Crippen molar-refractivity contribution in [3.05, 3.63) is 22.8 Å². The van der Waals surface area contributed by atoms with Gasteiger partial charge in [0.2, 0.25) is 0 Å². The molecule has 0 radical (unpaired) electrons. The van der Waals surface area contributed by atoms with E-state index in [1.807, 2.05) is 0 Å². The number of hydrogen-bond acceptors (Lipinski definition) is 3. The Morgan fingerprint density at radius 1 is 1.30 bits per heavy atom. The molecule has 8 heteroatoms. The number of aliphatic hydroxyl groups is 1. The number of rotatable bonds is 2. The summed E-state index contributed by atoms with van der Waals surface area (Å²) in [5.74, 6) is -2.70. The number of carbonyl (C=O) groups is 2. The first-order valence-electron chi connectivity index (χ1n) is 10.2. The second-order valence-corrected chi connectivity index (χ2v) is 11.4. The third kappa shape index (κ3) is 2.36. The lowest BCUT2D eigenvalue weighted by atomic mass is 9.46. The third-order valence-electron chi connectivity index (χ3n) is 8.79. The van der Waals surface area contributed by atoms with E-state index in [-0.39, 0.29) is 29.4 Å². The minimum absolute atomic E-state index is 0.0259. The van der Waals surface area contributed by atoms with E-state index in [0.29, 0.717) is 6.42 Å². The highest BCUT2D eigenvalue weighted by molar-refractivity contribution is 6.45. The van der Waals surface area contributed by atoms with Crippen LogP contribution in [0.1, 0.15) is 40.0 Å².